The van der Waals surface area contributed by atoms with Crippen LogP contribution in [0.5, 0.6) is 17.2 Å². The molecule has 1 aliphatic heterocycles. The summed E-state index contributed by atoms with van der Waals surface area (Å²) in [4.78, 5) is 8.46. The fourth-order valence-electron chi connectivity index (χ4n) is 2.68. The topological polar surface area (TPSA) is 104 Å². The minimum atomic E-state index is 0.255. The third kappa shape index (κ3) is 3.64. The zero-order valence-corrected chi connectivity index (χ0v) is 14.7. The van der Waals surface area contributed by atoms with Crippen molar-refractivity contribution in [2.24, 2.45) is 0 Å². The number of nitrogens with one attached hydrogen (secondary N) is 2. The number of ether oxygens (including phenoxy) is 3. The summed E-state index contributed by atoms with van der Waals surface area (Å²) in [6.45, 7) is 0.797. The zero-order valence-electron chi connectivity index (χ0n) is 14.7. The number of rotatable bonds is 6. The van der Waals surface area contributed by atoms with Crippen LogP contribution in [-0.2, 0) is 6.54 Å². The van der Waals surface area contributed by atoms with Gasteiger partial charge in [-0.3, -0.25) is 0 Å². The first-order valence-corrected chi connectivity index (χ1v) is 8.37. The molecule has 0 saturated heterocycles. The standard InChI is InChI=1S/C19H19N5O3/c1-25-14-5-3-13(4-6-14)24-19-17(20)18(22-10-23-19)21-9-12-2-7-15-16(8-12)27-11-26-15/h2-8,10H,9,11,20H2,1H3,(H2,21,22,23,24). The molecular weight excluding hydrogens is 346 g/mol. The second-order valence-electron chi connectivity index (χ2n) is 5.88. The lowest BCUT2D eigenvalue weighted by atomic mass is 10.2. The number of nitrogen functional groups attached to an aromatic ring is 1. The Morgan fingerprint density at radius 3 is 2.63 bits per heavy atom. The van der Waals surface area contributed by atoms with Crippen molar-refractivity contribution in [2.45, 2.75) is 6.54 Å². The number of nitrogens with zero attached hydrogens (tertiary/aromatic N) is 2. The van der Waals surface area contributed by atoms with Crippen molar-refractivity contribution in [3.05, 3.63) is 54.4 Å². The van der Waals surface area contributed by atoms with Gasteiger partial charge in [-0.1, -0.05) is 6.07 Å². The van der Waals surface area contributed by atoms with E-state index in [1.807, 2.05) is 42.5 Å². The van der Waals surface area contributed by atoms with Crippen molar-refractivity contribution in [3.8, 4) is 17.2 Å². The summed E-state index contributed by atoms with van der Waals surface area (Å²) in [7, 11) is 1.63. The van der Waals surface area contributed by atoms with Crippen LogP contribution in [0.1, 0.15) is 5.56 Å². The molecule has 0 spiro atoms. The molecule has 0 saturated carbocycles. The largest absolute Gasteiger partial charge is 0.497 e. The van der Waals surface area contributed by atoms with E-state index in [1.165, 1.54) is 6.33 Å². The molecule has 4 N–H and O–H groups in total. The summed E-state index contributed by atoms with van der Waals surface area (Å²) in [5.41, 5.74) is 8.54. The van der Waals surface area contributed by atoms with Crippen LogP contribution in [0.4, 0.5) is 23.0 Å². The molecular formula is C19H19N5O3. The summed E-state index contributed by atoms with van der Waals surface area (Å²) in [6.07, 6.45) is 1.46. The second kappa shape index (κ2) is 7.28. The van der Waals surface area contributed by atoms with E-state index in [9.17, 15) is 0 Å². The van der Waals surface area contributed by atoms with E-state index in [1.54, 1.807) is 7.11 Å². The summed E-state index contributed by atoms with van der Waals surface area (Å²) < 4.78 is 15.9. The van der Waals surface area contributed by atoms with Gasteiger partial charge in [0.1, 0.15) is 17.8 Å². The Morgan fingerprint density at radius 1 is 1.04 bits per heavy atom. The third-order valence-electron chi connectivity index (χ3n) is 4.13. The van der Waals surface area contributed by atoms with Crippen LogP contribution in [0.3, 0.4) is 0 Å². The van der Waals surface area contributed by atoms with E-state index in [2.05, 4.69) is 20.6 Å². The minimum absolute atomic E-state index is 0.255. The number of methoxy groups -OCH3 is 1. The van der Waals surface area contributed by atoms with E-state index in [0.29, 0.717) is 23.9 Å². The van der Waals surface area contributed by atoms with Crippen molar-refractivity contribution in [3.63, 3.8) is 0 Å². The number of fused-ring (bicyclic) bond motifs is 1. The molecule has 0 amide bonds. The normalized spacial score (nSPS) is 11.9. The van der Waals surface area contributed by atoms with Crippen LogP contribution in [-0.4, -0.2) is 23.9 Å². The van der Waals surface area contributed by atoms with Crippen LogP contribution in [0.2, 0.25) is 0 Å². The van der Waals surface area contributed by atoms with Crippen molar-refractivity contribution in [1.82, 2.24) is 9.97 Å². The van der Waals surface area contributed by atoms with Crippen molar-refractivity contribution < 1.29 is 14.2 Å². The Labute approximate surface area is 156 Å². The van der Waals surface area contributed by atoms with Gasteiger partial charge in [-0.05, 0) is 42.0 Å². The van der Waals surface area contributed by atoms with Gasteiger partial charge >= 0.3 is 0 Å². The predicted molar refractivity (Wildman–Crippen MR) is 103 cm³/mol. The first-order valence-electron chi connectivity index (χ1n) is 8.37. The molecule has 0 aliphatic carbocycles. The second-order valence-corrected chi connectivity index (χ2v) is 5.88. The van der Waals surface area contributed by atoms with Crippen LogP contribution in [0, 0.1) is 0 Å². The van der Waals surface area contributed by atoms with Gasteiger partial charge in [0.2, 0.25) is 6.79 Å². The molecule has 0 atom stereocenters. The average Bonchev–Trinajstić information content (AvgIpc) is 3.17. The smallest absolute Gasteiger partial charge is 0.231 e. The molecule has 0 fully saturated rings. The van der Waals surface area contributed by atoms with Crippen LogP contribution >= 0.6 is 0 Å². The predicted octanol–water partition coefficient (Wildman–Crippen LogP) is 3.15. The summed E-state index contributed by atoms with van der Waals surface area (Å²) in [5.74, 6) is 3.36. The fraction of sp³-hybridized carbons (Fsp3) is 0.158. The van der Waals surface area contributed by atoms with Crippen molar-refractivity contribution in [1.29, 1.82) is 0 Å². The van der Waals surface area contributed by atoms with Gasteiger partial charge in [-0.25, -0.2) is 9.97 Å². The monoisotopic (exact) mass is 365 g/mol. The van der Waals surface area contributed by atoms with Crippen molar-refractivity contribution in [2.75, 3.05) is 30.3 Å². The summed E-state index contributed by atoms with van der Waals surface area (Å²) in [5, 5.41) is 6.42. The molecule has 8 heteroatoms. The first kappa shape index (κ1) is 16.8. The Bertz CT molecular complexity index is 947. The lowest BCUT2D eigenvalue weighted by Crippen LogP contribution is -2.08. The van der Waals surface area contributed by atoms with Crippen LogP contribution in [0.25, 0.3) is 0 Å². The van der Waals surface area contributed by atoms with E-state index in [4.69, 9.17) is 19.9 Å². The van der Waals surface area contributed by atoms with Gasteiger partial charge in [-0.2, -0.15) is 0 Å². The van der Waals surface area contributed by atoms with E-state index >= 15 is 0 Å². The molecule has 3 aromatic rings. The number of benzene rings is 2. The van der Waals surface area contributed by atoms with E-state index in [-0.39, 0.29) is 6.79 Å². The summed E-state index contributed by atoms with van der Waals surface area (Å²) >= 11 is 0. The molecule has 8 nitrogen and oxygen atoms in total. The molecule has 1 aromatic heterocycles. The number of aromatic nitrogens is 2. The first-order chi connectivity index (χ1) is 13.2. The zero-order chi connectivity index (χ0) is 18.6. The Hall–Kier alpha value is -3.68. The highest BCUT2D eigenvalue weighted by atomic mass is 16.7. The SMILES string of the molecule is COc1ccc(Nc2ncnc(NCc3ccc4c(c3)OCO4)c2N)cc1. The van der Waals surface area contributed by atoms with Gasteiger partial charge < -0.3 is 30.6 Å². The van der Waals surface area contributed by atoms with E-state index in [0.717, 1.165) is 28.5 Å². The molecule has 27 heavy (non-hydrogen) atoms. The number of hydrogen-bond acceptors (Lipinski definition) is 8. The molecule has 0 radical (unpaired) electrons. The molecule has 2 aromatic carbocycles. The molecule has 0 unspecified atom stereocenters. The molecule has 0 bridgehead atoms. The maximum Gasteiger partial charge on any atom is 0.231 e. The van der Waals surface area contributed by atoms with Gasteiger partial charge in [0.05, 0.1) is 7.11 Å². The maximum atomic E-state index is 6.22. The van der Waals surface area contributed by atoms with Gasteiger partial charge in [0.25, 0.3) is 0 Å². The highest BCUT2D eigenvalue weighted by Crippen LogP contribution is 2.33. The minimum Gasteiger partial charge on any atom is -0.497 e. The average molecular weight is 365 g/mol. The third-order valence-corrected chi connectivity index (χ3v) is 4.13. The number of anilines is 4. The fourth-order valence-corrected chi connectivity index (χ4v) is 2.68. The highest BCUT2D eigenvalue weighted by Gasteiger charge is 2.14. The van der Waals surface area contributed by atoms with Crippen LogP contribution in [0.15, 0.2) is 48.8 Å². The number of hydrogen-bond donors (Lipinski definition) is 3. The van der Waals surface area contributed by atoms with E-state index < -0.39 is 0 Å². The lowest BCUT2D eigenvalue weighted by molar-refractivity contribution is 0.174. The Kier molecular flexibility index (Phi) is 4.52. The number of nitrogens with two attached hydrogens (primary N) is 1. The quantitative estimate of drug-likeness (QED) is 0.612. The van der Waals surface area contributed by atoms with Crippen molar-refractivity contribution >= 4 is 23.0 Å². The summed E-state index contributed by atoms with van der Waals surface area (Å²) in [6, 6.07) is 13.3. The molecule has 4 rings (SSSR count). The van der Waals surface area contributed by atoms with Gasteiger partial charge in [-0.15, -0.1) is 0 Å². The molecule has 138 valence electrons. The van der Waals surface area contributed by atoms with Gasteiger partial charge in [0, 0.05) is 12.2 Å². The van der Waals surface area contributed by atoms with Crippen LogP contribution < -0.4 is 30.6 Å². The van der Waals surface area contributed by atoms with Gasteiger partial charge in [0.15, 0.2) is 23.1 Å². The Balaban J connectivity index is 1.46. The molecule has 1 aliphatic rings. The molecule has 2 heterocycles. The highest BCUT2D eigenvalue weighted by molar-refractivity contribution is 5.77. The maximum absolute atomic E-state index is 6.22. The Morgan fingerprint density at radius 2 is 1.81 bits per heavy atom. The lowest BCUT2D eigenvalue weighted by Gasteiger charge is -2.13.